The van der Waals surface area contributed by atoms with E-state index in [9.17, 15) is 4.39 Å². The highest BCUT2D eigenvalue weighted by molar-refractivity contribution is 5.97. The summed E-state index contributed by atoms with van der Waals surface area (Å²) in [6.07, 6.45) is 4.40. The number of halogens is 1. The van der Waals surface area contributed by atoms with E-state index >= 15 is 0 Å². The first kappa shape index (κ1) is 21.6. The maximum atomic E-state index is 14.5. The summed E-state index contributed by atoms with van der Waals surface area (Å²) in [6.45, 7) is 1.69. The summed E-state index contributed by atoms with van der Waals surface area (Å²) in [5.74, 6) is 1.51. The van der Waals surface area contributed by atoms with Gasteiger partial charge in [-0.15, -0.1) is 0 Å². The molecule has 0 aliphatic carbocycles. The Kier molecular flexibility index (Phi) is 6.56. The van der Waals surface area contributed by atoms with Crippen LogP contribution >= 0.6 is 0 Å². The van der Waals surface area contributed by atoms with Crippen molar-refractivity contribution in [3.63, 3.8) is 0 Å². The molecular weight excluding hydrogens is 405 g/mol. The van der Waals surface area contributed by atoms with Crippen molar-refractivity contribution in [3.8, 4) is 28.3 Å². The van der Waals surface area contributed by atoms with Crippen LogP contribution in [0.2, 0.25) is 0 Å². The summed E-state index contributed by atoms with van der Waals surface area (Å²) in [6, 6.07) is 14.2. The van der Waals surface area contributed by atoms with Gasteiger partial charge in [0.2, 0.25) is 0 Å². The molecule has 0 bridgehead atoms. The number of pyridine rings is 1. The lowest BCUT2D eigenvalue weighted by atomic mass is 10.0. The Labute approximate surface area is 187 Å². The van der Waals surface area contributed by atoms with E-state index in [-0.39, 0.29) is 5.82 Å². The molecule has 7 heteroatoms. The number of methoxy groups -OCH3 is 1. The summed E-state index contributed by atoms with van der Waals surface area (Å²) >= 11 is 0. The zero-order valence-electron chi connectivity index (χ0n) is 18.5. The minimum Gasteiger partial charge on any atom is -0.494 e. The van der Waals surface area contributed by atoms with Crippen LogP contribution in [0.1, 0.15) is 6.42 Å². The highest BCUT2D eigenvalue weighted by Crippen LogP contribution is 2.36. The van der Waals surface area contributed by atoms with E-state index in [4.69, 9.17) is 14.7 Å². The average Bonchev–Trinajstić information content (AvgIpc) is 2.81. The van der Waals surface area contributed by atoms with Crippen LogP contribution in [0, 0.1) is 5.82 Å². The minimum absolute atomic E-state index is 0.290. The Hall–Kier alpha value is -3.58. The Morgan fingerprint density at radius 3 is 2.59 bits per heavy atom. The van der Waals surface area contributed by atoms with Gasteiger partial charge in [-0.2, -0.15) is 0 Å². The van der Waals surface area contributed by atoms with E-state index in [1.165, 1.54) is 6.07 Å². The van der Waals surface area contributed by atoms with Crippen molar-refractivity contribution < 1.29 is 9.13 Å². The molecule has 0 atom stereocenters. The molecule has 0 saturated heterocycles. The molecule has 6 nitrogen and oxygen atoms in total. The van der Waals surface area contributed by atoms with E-state index in [0.29, 0.717) is 34.0 Å². The highest BCUT2D eigenvalue weighted by atomic mass is 19.1. The molecule has 2 aromatic carbocycles. The molecule has 0 unspecified atom stereocenters. The fourth-order valence-corrected chi connectivity index (χ4v) is 3.57. The topological polar surface area (TPSA) is 63.2 Å². The number of rotatable bonds is 8. The number of aromatic nitrogens is 3. The fourth-order valence-electron chi connectivity index (χ4n) is 3.57. The van der Waals surface area contributed by atoms with E-state index in [0.717, 1.165) is 30.5 Å². The lowest BCUT2D eigenvalue weighted by Crippen LogP contribution is -2.17. The van der Waals surface area contributed by atoms with Crippen molar-refractivity contribution in [1.29, 1.82) is 0 Å². The third kappa shape index (κ3) is 4.68. The number of anilines is 1. The molecular formula is C25H26FN5O. The standard InChI is InChI=1S/C25H26FN5O/c1-31(2)13-7-12-28-25-20-14-18(19-9-4-5-10-21(19)26)15-22(32-3)23(20)29-24(30-25)17-8-6-11-27-16-17/h4-6,8-11,14-16H,7,12-13H2,1-3H3,(H,28,29,30). The SMILES string of the molecule is COc1cc(-c2ccccc2F)cc2c(NCCCN(C)C)nc(-c3cccnc3)nc12. The van der Waals surface area contributed by atoms with Gasteiger partial charge in [0.05, 0.1) is 7.11 Å². The molecule has 4 aromatic rings. The third-order valence-electron chi connectivity index (χ3n) is 5.16. The second-order valence-electron chi connectivity index (χ2n) is 7.78. The third-order valence-corrected chi connectivity index (χ3v) is 5.16. The smallest absolute Gasteiger partial charge is 0.163 e. The van der Waals surface area contributed by atoms with Crippen LogP contribution in [0.25, 0.3) is 33.4 Å². The number of fused-ring (bicyclic) bond motifs is 1. The molecule has 0 aliphatic rings. The quantitative estimate of drug-likeness (QED) is 0.402. The first-order valence-corrected chi connectivity index (χ1v) is 10.5. The van der Waals surface area contributed by atoms with Crippen molar-refractivity contribution in [2.45, 2.75) is 6.42 Å². The van der Waals surface area contributed by atoms with E-state index in [2.05, 4.69) is 15.2 Å². The Morgan fingerprint density at radius 1 is 1.03 bits per heavy atom. The van der Waals surface area contributed by atoms with Crippen LogP contribution in [0.4, 0.5) is 10.2 Å². The maximum absolute atomic E-state index is 14.5. The van der Waals surface area contributed by atoms with Crippen LogP contribution < -0.4 is 10.1 Å². The summed E-state index contributed by atoms with van der Waals surface area (Å²) < 4.78 is 20.2. The van der Waals surface area contributed by atoms with Crippen LogP contribution in [0.3, 0.4) is 0 Å². The fraction of sp³-hybridized carbons (Fsp3) is 0.240. The predicted octanol–water partition coefficient (Wildman–Crippen LogP) is 4.87. The second-order valence-corrected chi connectivity index (χ2v) is 7.78. The zero-order chi connectivity index (χ0) is 22.5. The molecule has 4 rings (SSSR count). The number of hydrogen-bond acceptors (Lipinski definition) is 6. The van der Waals surface area contributed by atoms with E-state index < -0.39 is 0 Å². The van der Waals surface area contributed by atoms with Crippen LogP contribution in [0.5, 0.6) is 5.75 Å². The van der Waals surface area contributed by atoms with Gasteiger partial charge >= 0.3 is 0 Å². The highest BCUT2D eigenvalue weighted by Gasteiger charge is 2.16. The van der Waals surface area contributed by atoms with E-state index in [1.54, 1.807) is 31.6 Å². The first-order chi connectivity index (χ1) is 15.6. The van der Waals surface area contributed by atoms with Crippen LogP contribution in [-0.2, 0) is 0 Å². The van der Waals surface area contributed by atoms with Crippen molar-refractivity contribution in [3.05, 3.63) is 66.7 Å². The summed E-state index contributed by atoms with van der Waals surface area (Å²) in [7, 11) is 5.69. The van der Waals surface area contributed by atoms with Gasteiger partial charge in [0.15, 0.2) is 5.82 Å². The Morgan fingerprint density at radius 2 is 1.88 bits per heavy atom. The number of nitrogens with one attached hydrogen (secondary N) is 1. The van der Waals surface area contributed by atoms with Gasteiger partial charge in [-0.1, -0.05) is 18.2 Å². The lowest BCUT2D eigenvalue weighted by molar-refractivity contribution is 0.405. The van der Waals surface area contributed by atoms with Crippen LogP contribution in [-0.4, -0.2) is 54.1 Å². The van der Waals surface area contributed by atoms with Gasteiger partial charge in [0.1, 0.15) is 22.9 Å². The molecule has 2 heterocycles. The first-order valence-electron chi connectivity index (χ1n) is 10.5. The predicted molar refractivity (Wildman–Crippen MR) is 126 cm³/mol. The van der Waals surface area contributed by atoms with Gasteiger partial charge in [-0.05, 0) is 63.0 Å². The normalized spacial score (nSPS) is 11.2. The van der Waals surface area contributed by atoms with Crippen molar-refractivity contribution in [2.24, 2.45) is 0 Å². The van der Waals surface area contributed by atoms with Gasteiger partial charge in [0.25, 0.3) is 0 Å². The van der Waals surface area contributed by atoms with Crippen LogP contribution in [0.15, 0.2) is 60.9 Å². The molecule has 0 spiro atoms. The van der Waals surface area contributed by atoms with Gasteiger partial charge in [0, 0.05) is 35.5 Å². The summed E-state index contributed by atoms with van der Waals surface area (Å²) in [5.41, 5.74) is 2.69. The number of hydrogen-bond donors (Lipinski definition) is 1. The molecule has 0 saturated carbocycles. The van der Waals surface area contributed by atoms with Crippen molar-refractivity contribution in [1.82, 2.24) is 19.9 Å². The largest absolute Gasteiger partial charge is 0.494 e. The van der Waals surface area contributed by atoms with Crippen molar-refractivity contribution >= 4 is 16.7 Å². The summed E-state index contributed by atoms with van der Waals surface area (Å²) in [4.78, 5) is 15.9. The number of benzene rings is 2. The number of ether oxygens (including phenoxy) is 1. The molecule has 164 valence electrons. The van der Waals surface area contributed by atoms with Crippen molar-refractivity contribution in [2.75, 3.05) is 39.6 Å². The van der Waals surface area contributed by atoms with Gasteiger partial charge in [-0.25, -0.2) is 14.4 Å². The molecule has 2 aromatic heterocycles. The molecule has 0 radical (unpaired) electrons. The Bertz CT molecular complexity index is 1210. The molecule has 1 N–H and O–H groups in total. The lowest BCUT2D eigenvalue weighted by Gasteiger charge is -2.16. The molecule has 0 aliphatic heterocycles. The Balaban J connectivity index is 1.86. The van der Waals surface area contributed by atoms with Gasteiger partial charge in [-0.3, -0.25) is 4.98 Å². The molecule has 0 amide bonds. The number of nitrogens with zero attached hydrogens (tertiary/aromatic N) is 4. The monoisotopic (exact) mass is 431 g/mol. The maximum Gasteiger partial charge on any atom is 0.163 e. The zero-order valence-corrected chi connectivity index (χ0v) is 18.5. The minimum atomic E-state index is -0.290. The molecule has 32 heavy (non-hydrogen) atoms. The van der Waals surface area contributed by atoms with Gasteiger partial charge < -0.3 is 15.0 Å². The average molecular weight is 432 g/mol. The van der Waals surface area contributed by atoms with E-state index in [1.807, 2.05) is 44.4 Å². The molecule has 0 fully saturated rings. The second kappa shape index (κ2) is 9.70. The summed E-state index contributed by atoms with van der Waals surface area (Å²) in [5, 5.41) is 4.23.